The smallest absolute Gasteiger partial charge is 0.336 e. The predicted octanol–water partition coefficient (Wildman–Crippen LogP) is 3.34. The van der Waals surface area contributed by atoms with Gasteiger partial charge in [-0.15, -0.1) is 0 Å². The summed E-state index contributed by atoms with van der Waals surface area (Å²) in [6.07, 6.45) is -0.724. The van der Waals surface area contributed by atoms with Gasteiger partial charge in [0.1, 0.15) is 11.3 Å². The lowest BCUT2D eigenvalue weighted by molar-refractivity contribution is -0.122. The summed E-state index contributed by atoms with van der Waals surface area (Å²) >= 11 is 0. The fraction of sp³-hybridized carbons (Fsp3) is 0.304. The average Bonchev–Trinajstić information content (AvgIpc) is 2.74. The summed E-state index contributed by atoms with van der Waals surface area (Å²) in [6, 6.07) is 14.4. The molecule has 1 N–H and O–H groups in total. The van der Waals surface area contributed by atoms with Crippen molar-refractivity contribution < 1.29 is 18.7 Å². The van der Waals surface area contributed by atoms with Gasteiger partial charge in [0.25, 0.3) is 5.91 Å². The first-order valence-corrected chi connectivity index (χ1v) is 9.94. The molecule has 7 heteroatoms. The third-order valence-corrected chi connectivity index (χ3v) is 5.12. The maximum absolute atomic E-state index is 12.5. The molecule has 1 amide bonds. The Morgan fingerprint density at radius 3 is 2.57 bits per heavy atom. The second-order valence-electron chi connectivity index (χ2n) is 7.30. The summed E-state index contributed by atoms with van der Waals surface area (Å²) in [7, 11) is 0. The van der Waals surface area contributed by atoms with Crippen molar-refractivity contribution in [3.05, 3.63) is 64.5 Å². The van der Waals surface area contributed by atoms with E-state index in [2.05, 4.69) is 10.2 Å². The van der Waals surface area contributed by atoms with Crippen molar-refractivity contribution in [2.24, 2.45) is 0 Å². The number of carbonyl (C=O) groups excluding carboxylic acids is 1. The molecule has 4 rings (SSSR count). The van der Waals surface area contributed by atoms with Gasteiger partial charge in [0.15, 0.2) is 6.10 Å². The van der Waals surface area contributed by atoms with Gasteiger partial charge in [-0.1, -0.05) is 0 Å². The Morgan fingerprint density at radius 2 is 1.83 bits per heavy atom. The van der Waals surface area contributed by atoms with Crippen LogP contribution in [0.5, 0.6) is 5.75 Å². The number of hydrogen-bond donors (Lipinski definition) is 1. The number of benzene rings is 2. The highest BCUT2D eigenvalue weighted by Gasteiger charge is 2.16. The van der Waals surface area contributed by atoms with Gasteiger partial charge in [0.2, 0.25) is 0 Å². The Bertz CT molecular complexity index is 1100. The number of anilines is 2. The van der Waals surface area contributed by atoms with E-state index in [9.17, 15) is 9.59 Å². The van der Waals surface area contributed by atoms with E-state index in [1.54, 1.807) is 19.1 Å². The number of aryl methyl sites for hydroxylation is 1. The van der Waals surface area contributed by atoms with Crippen molar-refractivity contribution in [1.29, 1.82) is 0 Å². The number of fused-ring (bicyclic) bond motifs is 1. The molecule has 1 aliphatic heterocycles. The number of nitrogens with one attached hydrogen (secondary N) is 1. The lowest BCUT2D eigenvalue weighted by atomic mass is 10.1. The largest absolute Gasteiger partial charge is 0.481 e. The zero-order valence-corrected chi connectivity index (χ0v) is 17.0. The molecule has 0 unspecified atom stereocenters. The topological polar surface area (TPSA) is 81.0 Å². The third kappa shape index (κ3) is 4.46. The van der Waals surface area contributed by atoms with Crippen LogP contribution in [0.15, 0.2) is 57.7 Å². The maximum atomic E-state index is 12.5. The second-order valence-corrected chi connectivity index (χ2v) is 7.30. The van der Waals surface area contributed by atoms with Gasteiger partial charge in [-0.05, 0) is 55.8 Å². The van der Waals surface area contributed by atoms with Crippen LogP contribution in [0.25, 0.3) is 11.0 Å². The monoisotopic (exact) mass is 408 g/mol. The first-order chi connectivity index (χ1) is 14.5. The zero-order valence-electron chi connectivity index (χ0n) is 17.0. The fourth-order valence-corrected chi connectivity index (χ4v) is 3.46. The Kier molecular flexibility index (Phi) is 5.72. The van der Waals surface area contributed by atoms with Gasteiger partial charge >= 0.3 is 5.63 Å². The molecule has 1 aromatic heterocycles. The van der Waals surface area contributed by atoms with Crippen LogP contribution in [0, 0.1) is 6.92 Å². The lowest BCUT2D eigenvalue weighted by Crippen LogP contribution is -2.36. The van der Waals surface area contributed by atoms with Crippen LogP contribution in [-0.4, -0.2) is 38.3 Å². The summed E-state index contributed by atoms with van der Waals surface area (Å²) in [5.74, 6) is 0.196. The molecule has 0 saturated carbocycles. The first kappa shape index (κ1) is 20.0. The average molecular weight is 408 g/mol. The molecule has 0 radical (unpaired) electrons. The molecule has 1 aliphatic rings. The normalized spacial score (nSPS) is 15.1. The first-order valence-electron chi connectivity index (χ1n) is 9.94. The number of morpholine rings is 1. The second kappa shape index (κ2) is 8.59. The molecule has 30 heavy (non-hydrogen) atoms. The van der Waals surface area contributed by atoms with E-state index in [-0.39, 0.29) is 5.91 Å². The summed E-state index contributed by atoms with van der Waals surface area (Å²) in [4.78, 5) is 26.4. The molecular formula is C23H24N2O5. The Balaban J connectivity index is 1.40. The van der Waals surface area contributed by atoms with Crippen LogP contribution in [0.1, 0.15) is 12.5 Å². The molecular weight excluding hydrogens is 384 g/mol. The summed E-state index contributed by atoms with van der Waals surface area (Å²) in [6.45, 7) is 6.70. The van der Waals surface area contributed by atoms with Gasteiger partial charge in [0.05, 0.1) is 13.2 Å². The third-order valence-electron chi connectivity index (χ3n) is 5.12. The molecule has 156 valence electrons. The minimum atomic E-state index is -0.724. The molecule has 0 spiro atoms. The number of hydrogen-bond acceptors (Lipinski definition) is 6. The van der Waals surface area contributed by atoms with Crippen LogP contribution < -0.4 is 20.6 Å². The number of ether oxygens (including phenoxy) is 2. The summed E-state index contributed by atoms with van der Waals surface area (Å²) in [5.41, 5.74) is 2.66. The molecule has 2 aromatic carbocycles. The van der Waals surface area contributed by atoms with E-state index in [0.29, 0.717) is 17.0 Å². The van der Waals surface area contributed by atoms with Crippen molar-refractivity contribution in [3.63, 3.8) is 0 Å². The Labute approximate surface area is 174 Å². The molecule has 2 heterocycles. The predicted molar refractivity (Wildman–Crippen MR) is 115 cm³/mol. The molecule has 1 fully saturated rings. The standard InChI is InChI=1S/C23H24N2O5/c1-15-13-22(26)30-21-14-19(7-8-20(15)21)29-16(2)23(27)24-17-3-5-18(6-4-17)25-9-11-28-12-10-25/h3-8,13-14,16H,9-12H2,1-2H3,(H,24,27)/t16-/m1/s1. The van der Waals surface area contributed by atoms with Crippen LogP contribution in [0.2, 0.25) is 0 Å². The SMILES string of the molecule is Cc1cc(=O)oc2cc(O[C@H](C)C(=O)Nc3ccc(N4CCOCC4)cc3)ccc12. The number of rotatable bonds is 5. The highest BCUT2D eigenvalue weighted by atomic mass is 16.5. The van der Waals surface area contributed by atoms with E-state index in [4.69, 9.17) is 13.9 Å². The summed E-state index contributed by atoms with van der Waals surface area (Å²) in [5, 5.41) is 3.70. The minimum Gasteiger partial charge on any atom is -0.481 e. The van der Waals surface area contributed by atoms with E-state index in [1.807, 2.05) is 37.3 Å². The minimum absolute atomic E-state index is 0.264. The molecule has 7 nitrogen and oxygen atoms in total. The zero-order chi connectivity index (χ0) is 21.1. The molecule has 3 aromatic rings. The quantitative estimate of drug-likeness (QED) is 0.652. The summed E-state index contributed by atoms with van der Waals surface area (Å²) < 4.78 is 16.4. The number of carbonyl (C=O) groups is 1. The van der Waals surface area contributed by atoms with E-state index in [0.717, 1.165) is 42.9 Å². The van der Waals surface area contributed by atoms with Crippen LogP contribution >= 0.6 is 0 Å². The fourth-order valence-electron chi connectivity index (χ4n) is 3.46. The molecule has 1 saturated heterocycles. The van der Waals surface area contributed by atoms with Crippen LogP contribution in [0.4, 0.5) is 11.4 Å². The highest BCUT2D eigenvalue weighted by molar-refractivity contribution is 5.94. The van der Waals surface area contributed by atoms with Gasteiger partial charge in [-0.2, -0.15) is 0 Å². The van der Waals surface area contributed by atoms with Crippen LogP contribution in [0.3, 0.4) is 0 Å². The lowest BCUT2D eigenvalue weighted by Gasteiger charge is -2.29. The Hall–Kier alpha value is -3.32. The van der Waals surface area contributed by atoms with Gasteiger partial charge < -0.3 is 24.1 Å². The van der Waals surface area contributed by atoms with Gasteiger partial charge in [0, 0.05) is 42.0 Å². The van der Waals surface area contributed by atoms with Crippen molar-refractivity contribution in [2.45, 2.75) is 20.0 Å². The van der Waals surface area contributed by atoms with Crippen molar-refractivity contribution in [1.82, 2.24) is 0 Å². The van der Waals surface area contributed by atoms with E-state index < -0.39 is 11.7 Å². The maximum Gasteiger partial charge on any atom is 0.336 e. The molecule has 1 atom stereocenters. The Morgan fingerprint density at radius 1 is 1.10 bits per heavy atom. The van der Waals surface area contributed by atoms with Crippen molar-refractivity contribution in [3.8, 4) is 5.75 Å². The van der Waals surface area contributed by atoms with Gasteiger partial charge in [-0.25, -0.2) is 4.79 Å². The van der Waals surface area contributed by atoms with E-state index in [1.165, 1.54) is 6.07 Å². The molecule has 0 aliphatic carbocycles. The highest BCUT2D eigenvalue weighted by Crippen LogP contribution is 2.23. The van der Waals surface area contributed by atoms with E-state index >= 15 is 0 Å². The van der Waals surface area contributed by atoms with Crippen molar-refractivity contribution in [2.75, 3.05) is 36.5 Å². The van der Waals surface area contributed by atoms with Gasteiger partial charge in [-0.3, -0.25) is 4.79 Å². The molecule has 0 bridgehead atoms. The number of nitrogens with zero attached hydrogens (tertiary/aromatic N) is 1. The number of amides is 1. The van der Waals surface area contributed by atoms with Crippen molar-refractivity contribution >= 4 is 28.3 Å². The van der Waals surface area contributed by atoms with Crippen LogP contribution in [-0.2, 0) is 9.53 Å².